The predicted octanol–water partition coefficient (Wildman–Crippen LogP) is 1.22. The summed E-state index contributed by atoms with van der Waals surface area (Å²) in [6.45, 7) is 10.6. The number of carbonyl (C=O) groups is 5. The van der Waals surface area contributed by atoms with Crippen molar-refractivity contribution in [1.29, 1.82) is 0 Å². The van der Waals surface area contributed by atoms with Gasteiger partial charge in [0.2, 0.25) is 31.9 Å². The highest BCUT2D eigenvalue weighted by atomic mass is 32.2. The summed E-state index contributed by atoms with van der Waals surface area (Å²) < 4.78 is 78.7. The van der Waals surface area contributed by atoms with Crippen LogP contribution in [-0.4, -0.2) is 116 Å². The van der Waals surface area contributed by atoms with E-state index in [-0.39, 0.29) is 25.9 Å². The number of fused-ring (bicyclic) bond motifs is 1. The Hall–Kier alpha value is -4.56. The Morgan fingerprint density at radius 2 is 1.80 bits per heavy atom. The SMILES string of the molecule is C=C[C@@H]1C[C@]1(NC(=O)[C@@H]1CC(OC(=O)N2Cc3cccc(F)c3C2)CN1C(=O)[C@H](CN(C)S(=O)(=O)C=C)NC(=O)OC(C)(C)C)C(=O)NS(=O)(=O)C1CC1. The molecule has 0 aromatic heterocycles. The summed E-state index contributed by atoms with van der Waals surface area (Å²) in [6, 6.07) is 1.32. The number of likely N-dealkylation sites (N-methyl/N-ethyl adjacent to an activating group) is 1. The molecule has 1 aromatic rings. The van der Waals surface area contributed by atoms with Crippen LogP contribution in [0.4, 0.5) is 14.0 Å². The van der Waals surface area contributed by atoms with Crippen molar-refractivity contribution in [1.82, 2.24) is 29.5 Å². The van der Waals surface area contributed by atoms with Crippen molar-refractivity contribution in [2.24, 2.45) is 5.92 Å². The minimum atomic E-state index is -4.11. The number of carbonyl (C=O) groups excluding carboxylic acids is 5. The Morgan fingerprint density at radius 3 is 2.37 bits per heavy atom. The van der Waals surface area contributed by atoms with Gasteiger partial charge in [-0.05, 0) is 51.7 Å². The highest BCUT2D eigenvalue weighted by Crippen LogP contribution is 2.45. The number of hydrogen-bond donors (Lipinski definition) is 3. The van der Waals surface area contributed by atoms with Crippen LogP contribution in [-0.2, 0) is 57.0 Å². The molecule has 0 spiro atoms. The van der Waals surface area contributed by atoms with Gasteiger partial charge in [0.1, 0.15) is 35.1 Å². The second-order valence-corrected chi connectivity index (χ2v) is 18.8. The molecule has 20 heteroatoms. The van der Waals surface area contributed by atoms with E-state index in [1.807, 2.05) is 4.72 Å². The summed E-state index contributed by atoms with van der Waals surface area (Å²) in [7, 11) is -6.97. The van der Waals surface area contributed by atoms with Gasteiger partial charge in [0.05, 0.1) is 18.3 Å². The molecule has 3 N–H and O–H groups in total. The molecule has 1 saturated heterocycles. The Bertz CT molecular complexity index is 1970. The number of nitrogens with zero attached hydrogens (tertiary/aromatic N) is 3. The first kappa shape index (κ1) is 40.6. The molecule has 54 heavy (non-hydrogen) atoms. The monoisotopic (exact) mass is 796 g/mol. The second kappa shape index (κ2) is 14.9. The van der Waals surface area contributed by atoms with Crippen LogP contribution in [0.5, 0.6) is 0 Å². The Kier molecular flexibility index (Phi) is 11.2. The maximum absolute atomic E-state index is 14.4. The van der Waals surface area contributed by atoms with Gasteiger partial charge in [-0.3, -0.25) is 24.0 Å². The molecule has 3 fully saturated rings. The molecule has 2 saturated carbocycles. The largest absolute Gasteiger partial charge is 0.444 e. The zero-order chi connectivity index (χ0) is 40.0. The number of nitrogens with one attached hydrogen (secondary N) is 3. The van der Waals surface area contributed by atoms with E-state index in [2.05, 4.69) is 23.8 Å². The van der Waals surface area contributed by atoms with Crippen molar-refractivity contribution in [2.75, 3.05) is 20.1 Å². The van der Waals surface area contributed by atoms with E-state index in [0.29, 0.717) is 29.4 Å². The molecule has 4 aliphatic rings. The normalized spacial score (nSPS) is 24.2. The molecule has 1 aromatic carbocycles. The lowest BCUT2D eigenvalue weighted by molar-refractivity contribution is -0.141. The van der Waals surface area contributed by atoms with Crippen molar-refractivity contribution >= 4 is 50.0 Å². The molecule has 0 bridgehead atoms. The van der Waals surface area contributed by atoms with Gasteiger partial charge in [-0.15, -0.1) is 6.58 Å². The maximum Gasteiger partial charge on any atom is 0.410 e. The molecule has 296 valence electrons. The third-order valence-corrected chi connectivity index (χ3v) is 12.9. The smallest absolute Gasteiger partial charge is 0.410 e. The first-order valence-electron chi connectivity index (χ1n) is 17.2. The molecule has 5 rings (SSSR count). The average molecular weight is 797 g/mol. The van der Waals surface area contributed by atoms with Crippen molar-refractivity contribution in [3.8, 4) is 0 Å². The number of ether oxygens (including phenoxy) is 2. The molecule has 5 amide bonds. The number of alkyl carbamates (subject to hydrolysis) is 1. The fourth-order valence-electron chi connectivity index (χ4n) is 6.44. The highest BCUT2D eigenvalue weighted by Gasteiger charge is 2.62. The van der Waals surface area contributed by atoms with Crippen LogP contribution in [0.3, 0.4) is 0 Å². The lowest BCUT2D eigenvalue weighted by Gasteiger charge is -2.31. The summed E-state index contributed by atoms with van der Waals surface area (Å²) in [6.07, 6.45) is -1.23. The standard InChI is InChI=1S/C34H45FN6O11S2/c1-7-21-15-34(21,30(44)38-54(49,50)23-12-13-23)37-28(42)27-14-22(51-32(46)40-16-20-10-9-11-25(35)24(20)18-40)17-41(27)29(43)26(19-39(6)53(47,48)8-2)36-31(45)52-33(3,4)5/h7-11,21-23,26-27H,1-2,12-19H2,3-6H3,(H,36,45)(H,37,42)(H,38,44)/t21-,22?,26+,27+,34-/m1/s1. The lowest BCUT2D eigenvalue weighted by atomic mass is 10.1. The summed E-state index contributed by atoms with van der Waals surface area (Å²) in [5.41, 5.74) is -1.84. The molecule has 17 nitrogen and oxygen atoms in total. The van der Waals surface area contributed by atoms with E-state index in [9.17, 15) is 45.2 Å². The van der Waals surface area contributed by atoms with Crippen molar-refractivity contribution in [2.45, 2.75) is 94.1 Å². The Morgan fingerprint density at radius 1 is 1.11 bits per heavy atom. The van der Waals surface area contributed by atoms with Crippen LogP contribution in [0.15, 0.2) is 42.8 Å². The predicted molar refractivity (Wildman–Crippen MR) is 190 cm³/mol. The summed E-state index contributed by atoms with van der Waals surface area (Å²) in [4.78, 5) is 70.4. The maximum atomic E-state index is 14.4. The van der Waals surface area contributed by atoms with Gasteiger partial charge in [0.25, 0.3) is 5.91 Å². The van der Waals surface area contributed by atoms with Gasteiger partial charge in [-0.25, -0.2) is 30.8 Å². The van der Waals surface area contributed by atoms with Crippen molar-refractivity contribution in [3.63, 3.8) is 0 Å². The van der Waals surface area contributed by atoms with E-state index in [1.54, 1.807) is 26.8 Å². The van der Waals surface area contributed by atoms with E-state index in [1.165, 1.54) is 23.1 Å². The van der Waals surface area contributed by atoms with Crippen molar-refractivity contribution in [3.05, 3.63) is 59.8 Å². The molecule has 5 atom stereocenters. The van der Waals surface area contributed by atoms with E-state index in [0.717, 1.165) is 16.3 Å². The van der Waals surface area contributed by atoms with Gasteiger partial charge in [0.15, 0.2) is 0 Å². The topological polar surface area (TPSA) is 218 Å². The molecule has 2 aliphatic carbocycles. The number of amides is 5. The number of hydrogen-bond acceptors (Lipinski definition) is 11. The third-order valence-electron chi connectivity index (χ3n) is 9.62. The van der Waals surface area contributed by atoms with Crippen LogP contribution < -0.4 is 15.4 Å². The molecular formula is C34H45FN6O11S2. The van der Waals surface area contributed by atoms with Crippen LogP contribution in [0.25, 0.3) is 0 Å². The number of rotatable bonds is 13. The fraction of sp³-hybridized carbons (Fsp3) is 0.559. The first-order chi connectivity index (χ1) is 25.1. The summed E-state index contributed by atoms with van der Waals surface area (Å²) in [5, 5.41) is 4.89. The molecule has 2 heterocycles. The molecule has 2 aliphatic heterocycles. The van der Waals surface area contributed by atoms with E-state index >= 15 is 0 Å². The molecule has 0 radical (unpaired) electrons. The van der Waals surface area contributed by atoms with E-state index < -0.39 is 109 Å². The van der Waals surface area contributed by atoms with Crippen LogP contribution in [0, 0.1) is 11.7 Å². The van der Waals surface area contributed by atoms with E-state index in [4.69, 9.17) is 9.47 Å². The third kappa shape index (κ3) is 8.86. The minimum Gasteiger partial charge on any atom is -0.444 e. The number of sulfonamides is 2. The summed E-state index contributed by atoms with van der Waals surface area (Å²) >= 11 is 0. The fourth-order valence-corrected chi connectivity index (χ4v) is 8.42. The zero-order valence-electron chi connectivity index (χ0n) is 30.4. The van der Waals surface area contributed by atoms with Crippen LogP contribution >= 0.6 is 0 Å². The summed E-state index contributed by atoms with van der Waals surface area (Å²) in [5.74, 6) is -4.01. The van der Waals surface area contributed by atoms with Gasteiger partial charge in [-0.1, -0.05) is 24.8 Å². The lowest BCUT2D eigenvalue weighted by Crippen LogP contribution is -2.59. The number of halogens is 1. The van der Waals surface area contributed by atoms with Gasteiger partial charge >= 0.3 is 12.2 Å². The number of benzene rings is 1. The average Bonchev–Trinajstić information content (AvgIpc) is 3.97. The van der Waals surface area contributed by atoms with Crippen LogP contribution in [0.2, 0.25) is 0 Å². The molecular weight excluding hydrogens is 752 g/mol. The Labute approximate surface area is 313 Å². The second-order valence-electron chi connectivity index (χ2n) is 14.9. The zero-order valence-corrected chi connectivity index (χ0v) is 32.0. The molecule has 1 unspecified atom stereocenters. The first-order valence-corrected chi connectivity index (χ1v) is 20.3. The number of likely N-dealkylation sites (tertiary alicyclic amines) is 1. The quantitative estimate of drug-likeness (QED) is 0.241. The van der Waals surface area contributed by atoms with Gasteiger partial charge < -0.3 is 25.0 Å². The van der Waals surface area contributed by atoms with Crippen LogP contribution in [0.1, 0.15) is 57.6 Å². The minimum absolute atomic E-state index is 0.00640. The Balaban J connectivity index is 1.42. The van der Waals surface area contributed by atoms with Gasteiger partial charge in [-0.2, -0.15) is 4.31 Å². The highest BCUT2D eigenvalue weighted by molar-refractivity contribution is 7.92. The van der Waals surface area contributed by atoms with Crippen molar-refractivity contribution < 1.29 is 54.7 Å². The van der Waals surface area contributed by atoms with Gasteiger partial charge in [0, 0.05) is 43.4 Å².